The van der Waals surface area contributed by atoms with Gasteiger partial charge in [0.05, 0.1) is 4.92 Å². The monoisotopic (exact) mass is 382 g/mol. The van der Waals surface area contributed by atoms with Crippen molar-refractivity contribution in [2.24, 2.45) is 0 Å². The van der Waals surface area contributed by atoms with Crippen LogP contribution in [0.5, 0.6) is 5.75 Å². The van der Waals surface area contributed by atoms with E-state index in [-0.39, 0.29) is 18.2 Å². The highest BCUT2D eigenvalue weighted by Gasteiger charge is 2.12. The van der Waals surface area contributed by atoms with Crippen LogP contribution in [0.15, 0.2) is 57.7 Å². The molecule has 28 heavy (non-hydrogen) atoms. The first-order valence-electron chi connectivity index (χ1n) is 8.58. The van der Waals surface area contributed by atoms with Gasteiger partial charge in [-0.15, -0.1) is 0 Å². The SMILES string of the molecule is CC(C)c1cc(=O)oc2cc(OCC(=O)Nc3cccc([N+](=O)[O-])c3)ccc12. The predicted molar refractivity (Wildman–Crippen MR) is 104 cm³/mol. The van der Waals surface area contributed by atoms with Crippen molar-refractivity contribution in [1.29, 1.82) is 0 Å². The summed E-state index contributed by atoms with van der Waals surface area (Å²) in [6.07, 6.45) is 0. The lowest BCUT2D eigenvalue weighted by Gasteiger charge is -2.11. The molecular formula is C20H18N2O6. The highest BCUT2D eigenvalue weighted by Crippen LogP contribution is 2.27. The largest absolute Gasteiger partial charge is 0.484 e. The Morgan fingerprint density at radius 3 is 2.71 bits per heavy atom. The average Bonchev–Trinajstić information content (AvgIpc) is 2.65. The molecule has 0 unspecified atom stereocenters. The first kappa shape index (κ1) is 19.1. The number of amides is 1. The van der Waals surface area contributed by atoms with E-state index in [1.165, 1.54) is 24.3 Å². The molecule has 3 rings (SSSR count). The number of hydrogen-bond acceptors (Lipinski definition) is 6. The fourth-order valence-electron chi connectivity index (χ4n) is 2.78. The van der Waals surface area contributed by atoms with Crippen LogP contribution in [-0.4, -0.2) is 17.4 Å². The number of carbonyl (C=O) groups is 1. The van der Waals surface area contributed by atoms with Gasteiger partial charge in [-0.05, 0) is 29.7 Å². The number of nitro groups is 1. The number of carbonyl (C=O) groups excluding carboxylic acids is 1. The zero-order valence-electron chi connectivity index (χ0n) is 15.3. The Labute approximate surface area is 159 Å². The summed E-state index contributed by atoms with van der Waals surface area (Å²) in [6.45, 7) is 3.66. The summed E-state index contributed by atoms with van der Waals surface area (Å²) in [4.78, 5) is 34.0. The fraction of sp³-hybridized carbons (Fsp3) is 0.200. The molecule has 0 saturated carbocycles. The van der Waals surface area contributed by atoms with E-state index in [0.717, 1.165) is 10.9 Å². The van der Waals surface area contributed by atoms with Gasteiger partial charge in [-0.25, -0.2) is 4.79 Å². The van der Waals surface area contributed by atoms with Crippen LogP contribution in [0.3, 0.4) is 0 Å². The minimum atomic E-state index is -0.541. The van der Waals surface area contributed by atoms with Gasteiger partial charge in [0, 0.05) is 35.3 Å². The highest BCUT2D eigenvalue weighted by molar-refractivity contribution is 5.92. The second kappa shape index (κ2) is 7.91. The molecule has 8 nitrogen and oxygen atoms in total. The number of rotatable bonds is 6. The van der Waals surface area contributed by atoms with Crippen molar-refractivity contribution in [1.82, 2.24) is 0 Å². The van der Waals surface area contributed by atoms with Crippen molar-refractivity contribution in [2.45, 2.75) is 19.8 Å². The molecule has 3 aromatic rings. The van der Waals surface area contributed by atoms with Gasteiger partial charge < -0.3 is 14.5 Å². The fourth-order valence-corrected chi connectivity index (χ4v) is 2.78. The molecule has 1 aromatic heterocycles. The van der Waals surface area contributed by atoms with E-state index >= 15 is 0 Å². The van der Waals surface area contributed by atoms with Crippen LogP contribution in [-0.2, 0) is 4.79 Å². The third kappa shape index (κ3) is 4.35. The van der Waals surface area contributed by atoms with Gasteiger partial charge in [0.1, 0.15) is 11.3 Å². The van der Waals surface area contributed by atoms with Crippen molar-refractivity contribution >= 4 is 28.3 Å². The molecule has 1 N–H and O–H groups in total. The molecule has 0 atom stereocenters. The topological polar surface area (TPSA) is 112 Å². The van der Waals surface area contributed by atoms with Gasteiger partial charge >= 0.3 is 5.63 Å². The minimum absolute atomic E-state index is 0.121. The number of nitrogens with one attached hydrogen (secondary N) is 1. The lowest BCUT2D eigenvalue weighted by Crippen LogP contribution is -2.20. The van der Waals surface area contributed by atoms with Crippen LogP contribution in [0.1, 0.15) is 25.3 Å². The lowest BCUT2D eigenvalue weighted by molar-refractivity contribution is -0.384. The first-order chi connectivity index (χ1) is 13.3. The quantitative estimate of drug-likeness (QED) is 0.394. The molecule has 2 aromatic carbocycles. The summed E-state index contributed by atoms with van der Waals surface area (Å²) < 4.78 is 10.7. The minimum Gasteiger partial charge on any atom is -0.484 e. The number of benzene rings is 2. The summed E-state index contributed by atoms with van der Waals surface area (Å²) in [7, 11) is 0. The van der Waals surface area contributed by atoms with Crippen LogP contribution in [0.25, 0.3) is 11.0 Å². The van der Waals surface area contributed by atoms with Gasteiger partial charge in [0.15, 0.2) is 6.61 Å². The molecule has 0 aliphatic rings. The molecule has 0 aliphatic carbocycles. The van der Waals surface area contributed by atoms with Crippen molar-refractivity contribution in [3.63, 3.8) is 0 Å². The van der Waals surface area contributed by atoms with Crippen LogP contribution in [0.2, 0.25) is 0 Å². The standard InChI is InChI=1S/C20H18N2O6/c1-12(2)17-10-20(24)28-18-9-15(6-7-16(17)18)27-11-19(23)21-13-4-3-5-14(8-13)22(25)26/h3-10,12H,11H2,1-2H3,(H,21,23). The highest BCUT2D eigenvalue weighted by atomic mass is 16.6. The summed E-state index contributed by atoms with van der Waals surface area (Å²) >= 11 is 0. The molecule has 0 bridgehead atoms. The Balaban J connectivity index is 1.71. The number of nitrogens with zero attached hydrogens (tertiary/aromatic N) is 1. The lowest BCUT2D eigenvalue weighted by atomic mass is 10.00. The molecule has 0 radical (unpaired) electrons. The van der Waals surface area contributed by atoms with Gasteiger partial charge in [-0.3, -0.25) is 14.9 Å². The number of anilines is 1. The number of nitro benzene ring substituents is 1. The van der Waals surface area contributed by atoms with E-state index in [4.69, 9.17) is 9.15 Å². The van der Waals surface area contributed by atoms with Crippen LogP contribution in [0, 0.1) is 10.1 Å². The zero-order chi connectivity index (χ0) is 20.3. The maximum atomic E-state index is 12.0. The summed E-state index contributed by atoms with van der Waals surface area (Å²) in [5.74, 6) is 0.0443. The second-order valence-corrected chi connectivity index (χ2v) is 6.48. The van der Waals surface area contributed by atoms with Crippen molar-refractivity contribution in [3.05, 3.63) is 74.6 Å². The third-order valence-electron chi connectivity index (χ3n) is 4.08. The van der Waals surface area contributed by atoms with Crippen molar-refractivity contribution in [2.75, 3.05) is 11.9 Å². The summed E-state index contributed by atoms with van der Waals surface area (Å²) in [6, 6.07) is 12.1. The van der Waals surface area contributed by atoms with Gasteiger partial charge in [-0.2, -0.15) is 0 Å². The van der Waals surface area contributed by atoms with Crippen LogP contribution < -0.4 is 15.7 Å². The molecule has 0 aliphatic heterocycles. The Bertz CT molecular complexity index is 1100. The molecule has 1 heterocycles. The molecule has 0 saturated heterocycles. The van der Waals surface area contributed by atoms with E-state index in [1.807, 2.05) is 13.8 Å². The molecule has 0 fully saturated rings. The third-order valence-corrected chi connectivity index (χ3v) is 4.08. The maximum absolute atomic E-state index is 12.0. The molecule has 8 heteroatoms. The summed E-state index contributed by atoms with van der Waals surface area (Å²) in [5.41, 5.74) is 0.990. The van der Waals surface area contributed by atoms with Crippen LogP contribution >= 0.6 is 0 Å². The van der Waals surface area contributed by atoms with Crippen molar-refractivity contribution < 1.29 is 18.9 Å². The summed E-state index contributed by atoms with van der Waals surface area (Å²) in [5, 5.41) is 14.1. The zero-order valence-corrected chi connectivity index (χ0v) is 15.3. The van der Waals surface area contributed by atoms with E-state index < -0.39 is 16.5 Å². The Hall–Kier alpha value is -3.68. The molecule has 144 valence electrons. The number of non-ortho nitro benzene ring substituents is 1. The van der Waals surface area contributed by atoms with E-state index in [0.29, 0.717) is 17.0 Å². The van der Waals surface area contributed by atoms with E-state index in [1.54, 1.807) is 24.3 Å². The van der Waals surface area contributed by atoms with Gasteiger partial charge in [-0.1, -0.05) is 19.9 Å². The Morgan fingerprint density at radius 1 is 1.21 bits per heavy atom. The molecular weight excluding hydrogens is 364 g/mol. The smallest absolute Gasteiger partial charge is 0.336 e. The molecule has 1 amide bonds. The van der Waals surface area contributed by atoms with E-state index in [2.05, 4.69) is 5.32 Å². The van der Waals surface area contributed by atoms with Gasteiger partial charge in [0.25, 0.3) is 11.6 Å². The maximum Gasteiger partial charge on any atom is 0.336 e. The number of hydrogen-bond donors (Lipinski definition) is 1. The molecule has 0 spiro atoms. The first-order valence-corrected chi connectivity index (χ1v) is 8.58. The average molecular weight is 382 g/mol. The number of fused-ring (bicyclic) bond motifs is 1. The normalized spacial score (nSPS) is 10.8. The van der Waals surface area contributed by atoms with Gasteiger partial charge in [0.2, 0.25) is 0 Å². The second-order valence-electron chi connectivity index (χ2n) is 6.48. The van der Waals surface area contributed by atoms with E-state index in [9.17, 15) is 19.7 Å². The Morgan fingerprint density at radius 2 is 2.00 bits per heavy atom. The van der Waals surface area contributed by atoms with Crippen molar-refractivity contribution in [3.8, 4) is 5.75 Å². The van der Waals surface area contributed by atoms with Crippen LogP contribution in [0.4, 0.5) is 11.4 Å². The predicted octanol–water partition coefficient (Wildman–Crippen LogP) is 3.84. The Kier molecular flexibility index (Phi) is 5.39. The number of ether oxygens (including phenoxy) is 1.